The molecule has 32 heavy (non-hydrogen) atoms. The van der Waals surface area contributed by atoms with Gasteiger partial charge in [-0.2, -0.15) is 0 Å². The summed E-state index contributed by atoms with van der Waals surface area (Å²) in [6.07, 6.45) is 1.21. The largest absolute Gasteiger partial charge is 0.325 e. The Kier molecular flexibility index (Phi) is 6.19. The summed E-state index contributed by atoms with van der Waals surface area (Å²) >= 11 is 0. The predicted molar refractivity (Wildman–Crippen MR) is 122 cm³/mol. The van der Waals surface area contributed by atoms with Crippen molar-refractivity contribution in [2.45, 2.75) is 12.0 Å². The van der Waals surface area contributed by atoms with Crippen LogP contribution in [-0.2, 0) is 4.79 Å². The quantitative estimate of drug-likeness (QED) is 0.436. The Hall–Kier alpha value is -4.10. The zero-order valence-electron chi connectivity index (χ0n) is 17.0. The molecule has 0 aliphatic carbocycles. The minimum absolute atomic E-state index is 0.157. The minimum atomic E-state index is -0.906. The van der Waals surface area contributed by atoms with Crippen molar-refractivity contribution in [2.75, 3.05) is 5.32 Å². The van der Waals surface area contributed by atoms with Crippen LogP contribution in [0.2, 0.25) is 0 Å². The zero-order valence-corrected chi connectivity index (χ0v) is 17.0. The lowest BCUT2D eigenvalue weighted by molar-refractivity contribution is -0.117. The number of nitrogens with one attached hydrogen (secondary N) is 2. The first-order chi connectivity index (χ1) is 15.5. The van der Waals surface area contributed by atoms with E-state index in [0.29, 0.717) is 0 Å². The molecule has 1 amide bonds. The van der Waals surface area contributed by atoms with Crippen LogP contribution in [0.1, 0.15) is 17.0 Å². The molecule has 1 aromatic heterocycles. The Balaban J connectivity index is 1.58. The van der Waals surface area contributed by atoms with Crippen LogP contribution in [0.4, 0.5) is 10.1 Å². The number of anilines is 1. The van der Waals surface area contributed by atoms with Crippen molar-refractivity contribution < 1.29 is 9.18 Å². The maximum Gasteiger partial charge on any atom is 0.251 e. The number of carbonyl (C=O) groups is 1. The van der Waals surface area contributed by atoms with E-state index in [9.17, 15) is 14.0 Å². The van der Waals surface area contributed by atoms with Gasteiger partial charge in [-0.3, -0.25) is 9.59 Å². The molecule has 4 rings (SSSR count). The third-order valence-electron chi connectivity index (χ3n) is 5.17. The highest BCUT2D eigenvalue weighted by atomic mass is 19.1. The lowest BCUT2D eigenvalue weighted by Crippen LogP contribution is -2.41. The van der Waals surface area contributed by atoms with Crippen LogP contribution < -0.4 is 16.6 Å². The van der Waals surface area contributed by atoms with Crippen LogP contribution >= 0.6 is 0 Å². The van der Waals surface area contributed by atoms with E-state index < -0.39 is 17.8 Å². The Morgan fingerprint density at radius 1 is 0.938 bits per heavy atom. The van der Waals surface area contributed by atoms with Crippen molar-refractivity contribution >= 4 is 11.6 Å². The number of nitrogens with zero attached hydrogens (tertiary/aromatic N) is 1. The first-order valence-electron chi connectivity index (χ1n) is 10.0. The van der Waals surface area contributed by atoms with Gasteiger partial charge >= 0.3 is 0 Å². The van der Waals surface area contributed by atoms with E-state index in [0.717, 1.165) is 11.1 Å². The van der Waals surface area contributed by atoms with E-state index in [1.807, 2.05) is 60.7 Å². The van der Waals surface area contributed by atoms with Crippen LogP contribution in [0, 0.1) is 5.82 Å². The van der Waals surface area contributed by atoms with E-state index in [-0.39, 0.29) is 28.4 Å². The number of H-pyrrole nitrogens is 1. The fraction of sp³-hybridized carbons (Fsp3) is 0.0800. The van der Waals surface area contributed by atoms with Gasteiger partial charge in [0.2, 0.25) is 5.91 Å². The third-order valence-corrected chi connectivity index (χ3v) is 5.17. The summed E-state index contributed by atoms with van der Waals surface area (Å²) in [6, 6.07) is 23.6. The fourth-order valence-electron chi connectivity index (χ4n) is 3.62. The standard InChI is InChI=1S/C25H21FN4O2/c26-20-13-18(11-12-19(20)21-14-22(31)29-15-28-21)30-25(32)24(27)23(16-7-3-1-4-8-16)17-9-5-2-6-10-17/h1-15,23-24H,27H2,(H,30,32)(H,28,29,31). The second kappa shape index (κ2) is 9.36. The van der Waals surface area contributed by atoms with E-state index in [1.165, 1.54) is 24.5 Å². The van der Waals surface area contributed by atoms with Crippen molar-refractivity contribution in [2.24, 2.45) is 5.73 Å². The van der Waals surface area contributed by atoms with Crippen LogP contribution in [0.15, 0.2) is 96.1 Å². The molecule has 1 unspecified atom stereocenters. The number of hydrogen-bond acceptors (Lipinski definition) is 4. The van der Waals surface area contributed by atoms with Crippen LogP contribution in [0.5, 0.6) is 0 Å². The van der Waals surface area contributed by atoms with Gasteiger partial charge in [0.1, 0.15) is 5.82 Å². The van der Waals surface area contributed by atoms with Gasteiger partial charge < -0.3 is 16.0 Å². The molecular weight excluding hydrogens is 407 g/mol. The Morgan fingerprint density at radius 3 is 2.12 bits per heavy atom. The summed E-state index contributed by atoms with van der Waals surface area (Å²) in [7, 11) is 0. The van der Waals surface area contributed by atoms with Gasteiger partial charge in [-0.25, -0.2) is 9.37 Å². The Labute approximate surface area is 184 Å². The molecule has 0 aliphatic heterocycles. The number of aromatic nitrogens is 2. The zero-order chi connectivity index (χ0) is 22.5. The number of hydrogen-bond donors (Lipinski definition) is 3. The molecule has 0 radical (unpaired) electrons. The highest BCUT2D eigenvalue weighted by molar-refractivity contribution is 5.96. The van der Waals surface area contributed by atoms with Crippen molar-refractivity contribution in [1.82, 2.24) is 9.97 Å². The number of aromatic amines is 1. The minimum Gasteiger partial charge on any atom is -0.325 e. The highest BCUT2D eigenvalue weighted by Gasteiger charge is 2.28. The summed E-state index contributed by atoms with van der Waals surface area (Å²) < 4.78 is 14.7. The second-order valence-corrected chi connectivity index (χ2v) is 7.31. The van der Waals surface area contributed by atoms with Crippen LogP contribution in [-0.4, -0.2) is 21.9 Å². The Bertz CT molecular complexity index is 1240. The first kappa shape index (κ1) is 21.1. The van der Waals surface area contributed by atoms with Gasteiger partial charge in [-0.1, -0.05) is 60.7 Å². The number of carbonyl (C=O) groups excluding carboxylic acids is 1. The molecule has 0 saturated heterocycles. The molecule has 0 aliphatic rings. The average Bonchev–Trinajstić information content (AvgIpc) is 2.80. The number of nitrogens with two attached hydrogens (primary N) is 1. The summed E-state index contributed by atoms with van der Waals surface area (Å²) in [5.41, 5.74) is 8.44. The highest BCUT2D eigenvalue weighted by Crippen LogP contribution is 2.28. The maximum atomic E-state index is 14.7. The van der Waals surface area contributed by atoms with Crippen molar-refractivity contribution in [1.29, 1.82) is 0 Å². The average molecular weight is 428 g/mol. The first-order valence-corrected chi connectivity index (χ1v) is 10.0. The molecule has 6 nitrogen and oxygen atoms in total. The van der Waals surface area contributed by atoms with Gasteiger partial charge in [-0.15, -0.1) is 0 Å². The smallest absolute Gasteiger partial charge is 0.251 e. The number of halogens is 1. The molecule has 1 atom stereocenters. The van der Waals surface area contributed by atoms with E-state index in [2.05, 4.69) is 15.3 Å². The van der Waals surface area contributed by atoms with Crippen molar-refractivity contribution in [3.8, 4) is 11.3 Å². The van der Waals surface area contributed by atoms with Crippen molar-refractivity contribution in [3.05, 3.63) is 119 Å². The van der Waals surface area contributed by atoms with Gasteiger partial charge in [-0.05, 0) is 29.3 Å². The summed E-state index contributed by atoms with van der Waals surface area (Å²) in [6.45, 7) is 0. The lowest BCUT2D eigenvalue weighted by atomic mass is 9.85. The molecule has 7 heteroatoms. The Morgan fingerprint density at radius 2 is 1.56 bits per heavy atom. The molecule has 0 spiro atoms. The molecule has 4 aromatic rings. The summed E-state index contributed by atoms with van der Waals surface area (Å²) in [5, 5.41) is 2.70. The van der Waals surface area contributed by atoms with Crippen LogP contribution in [0.25, 0.3) is 11.3 Å². The van der Waals surface area contributed by atoms with Gasteiger partial charge in [0.15, 0.2) is 0 Å². The van der Waals surface area contributed by atoms with Gasteiger partial charge in [0, 0.05) is 23.2 Å². The van der Waals surface area contributed by atoms with Crippen molar-refractivity contribution in [3.63, 3.8) is 0 Å². The predicted octanol–water partition coefficient (Wildman–Crippen LogP) is 3.67. The number of benzene rings is 3. The molecular formula is C25H21FN4O2. The third kappa shape index (κ3) is 4.63. The van der Waals surface area contributed by atoms with E-state index >= 15 is 0 Å². The summed E-state index contributed by atoms with van der Waals surface area (Å²) in [5.74, 6) is -1.43. The maximum absolute atomic E-state index is 14.7. The normalized spacial score (nSPS) is 11.8. The molecule has 0 bridgehead atoms. The molecule has 4 N–H and O–H groups in total. The molecule has 0 fully saturated rings. The molecule has 1 heterocycles. The molecule has 3 aromatic carbocycles. The number of amides is 1. The monoisotopic (exact) mass is 428 g/mol. The molecule has 160 valence electrons. The topological polar surface area (TPSA) is 101 Å². The second-order valence-electron chi connectivity index (χ2n) is 7.31. The van der Waals surface area contributed by atoms with Gasteiger partial charge in [0.25, 0.3) is 5.56 Å². The summed E-state index contributed by atoms with van der Waals surface area (Å²) in [4.78, 5) is 30.8. The number of rotatable bonds is 6. The van der Waals surface area contributed by atoms with Crippen LogP contribution in [0.3, 0.4) is 0 Å². The van der Waals surface area contributed by atoms with Gasteiger partial charge in [0.05, 0.1) is 18.1 Å². The van der Waals surface area contributed by atoms with E-state index in [1.54, 1.807) is 6.07 Å². The van der Waals surface area contributed by atoms with E-state index in [4.69, 9.17) is 5.73 Å². The SMILES string of the molecule is NC(C(=O)Nc1ccc(-c2cc(=O)[nH]cn2)c(F)c1)C(c1ccccc1)c1ccccc1. The molecule has 0 saturated carbocycles. The fourth-order valence-corrected chi connectivity index (χ4v) is 3.62. The lowest BCUT2D eigenvalue weighted by Gasteiger charge is -2.24.